The molecule has 0 aliphatic rings. The van der Waals surface area contributed by atoms with E-state index in [1.165, 1.54) is 4.90 Å². The SMILES string of the molecule is CN(Cc1ccc2nc[nH]c2c1)C(=O)O. The Morgan fingerprint density at radius 2 is 2.40 bits per heavy atom. The molecule has 0 atom stereocenters. The van der Waals surface area contributed by atoms with Gasteiger partial charge in [-0.3, -0.25) is 0 Å². The summed E-state index contributed by atoms with van der Waals surface area (Å²) in [6.45, 7) is 0.379. The zero-order valence-corrected chi connectivity index (χ0v) is 8.27. The van der Waals surface area contributed by atoms with Gasteiger partial charge in [0.05, 0.1) is 17.4 Å². The maximum Gasteiger partial charge on any atom is 0.407 e. The Labute approximate surface area is 86.4 Å². The van der Waals surface area contributed by atoms with Crippen molar-refractivity contribution in [2.75, 3.05) is 7.05 Å². The molecule has 0 aliphatic heterocycles. The van der Waals surface area contributed by atoms with E-state index in [1.807, 2.05) is 18.2 Å². The highest BCUT2D eigenvalue weighted by molar-refractivity contribution is 5.75. The Balaban J connectivity index is 2.24. The molecule has 2 rings (SSSR count). The molecule has 0 aliphatic carbocycles. The number of nitrogens with one attached hydrogen (secondary N) is 1. The summed E-state index contributed by atoms with van der Waals surface area (Å²) in [4.78, 5) is 18.9. The monoisotopic (exact) mass is 205 g/mol. The molecule has 1 aromatic carbocycles. The summed E-state index contributed by atoms with van der Waals surface area (Å²) in [5.74, 6) is 0. The van der Waals surface area contributed by atoms with Crippen LogP contribution in [0.15, 0.2) is 24.5 Å². The van der Waals surface area contributed by atoms with Gasteiger partial charge in [-0.15, -0.1) is 0 Å². The Hall–Kier alpha value is -2.04. The van der Waals surface area contributed by atoms with E-state index in [0.29, 0.717) is 6.54 Å². The second-order valence-electron chi connectivity index (χ2n) is 3.39. The Bertz CT molecular complexity index is 492. The average Bonchev–Trinajstić information content (AvgIpc) is 2.64. The third kappa shape index (κ3) is 1.90. The van der Waals surface area contributed by atoms with Gasteiger partial charge in [-0.1, -0.05) is 6.07 Å². The fourth-order valence-corrected chi connectivity index (χ4v) is 1.42. The molecule has 2 N–H and O–H groups in total. The molecule has 0 unspecified atom stereocenters. The lowest BCUT2D eigenvalue weighted by molar-refractivity contribution is 0.154. The minimum Gasteiger partial charge on any atom is -0.465 e. The van der Waals surface area contributed by atoms with E-state index in [9.17, 15) is 4.79 Å². The van der Waals surface area contributed by atoms with Gasteiger partial charge in [-0.05, 0) is 17.7 Å². The Kier molecular flexibility index (Phi) is 2.29. The number of aromatic amines is 1. The smallest absolute Gasteiger partial charge is 0.407 e. The summed E-state index contributed by atoms with van der Waals surface area (Å²) >= 11 is 0. The zero-order valence-electron chi connectivity index (χ0n) is 8.27. The molecule has 5 nitrogen and oxygen atoms in total. The highest BCUT2D eigenvalue weighted by Gasteiger charge is 2.06. The van der Waals surface area contributed by atoms with Crippen molar-refractivity contribution in [1.29, 1.82) is 0 Å². The first kappa shape index (κ1) is 9.51. The van der Waals surface area contributed by atoms with Crippen molar-refractivity contribution in [3.63, 3.8) is 0 Å². The Morgan fingerprint density at radius 3 is 3.13 bits per heavy atom. The summed E-state index contributed by atoms with van der Waals surface area (Å²) < 4.78 is 0. The molecule has 2 aromatic rings. The molecule has 0 saturated heterocycles. The van der Waals surface area contributed by atoms with E-state index in [2.05, 4.69) is 9.97 Å². The number of rotatable bonds is 2. The summed E-state index contributed by atoms with van der Waals surface area (Å²) in [6, 6.07) is 5.65. The number of fused-ring (bicyclic) bond motifs is 1. The van der Waals surface area contributed by atoms with E-state index < -0.39 is 6.09 Å². The first-order valence-electron chi connectivity index (χ1n) is 4.53. The molecule has 1 aromatic heterocycles. The third-order valence-electron chi connectivity index (χ3n) is 2.23. The van der Waals surface area contributed by atoms with Crippen LogP contribution in [0.25, 0.3) is 11.0 Å². The lowest BCUT2D eigenvalue weighted by Crippen LogP contribution is -2.23. The van der Waals surface area contributed by atoms with Crippen LogP contribution in [-0.2, 0) is 6.54 Å². The molecule has 5 heteroatoms. The predicted octanol–water partition coefficient (Wildman–Crippen LogP) is 1.67. The summed E-state index contributed by atoms with van der Waals surface area (Å²) in [5, 5.41) is 8.72. The van der Waals surface area contributed by atoms with E-state index in [4.69, 9.17) is 5.11 Å². The molecule has 0 radical (unpaired) electrons. The summed E-state index contributed by atoms with van der Waals surface area (Å²) in [7, 11) is 1.54. The van der Waals surface area contributed by atoms with Crippen molar-refractivity contribution < 1.29 is 9.90 Å². The van der Waals surface area contributed by atoms with Crippen LogP contribution < -0.4 is 0 Å². The highest BCUT2D eigenvalue weighted by atomic mass is 16.4. The van der Waals surface area contributed by atoms with Crippen LogP contribution in [-0.4, -0.2) is 33.1 Å². The predicted molar refractivity (Wildman–Crippen MR) is 55.6 cm³/mol. The number of amides is 1. The fraction of sp³-hybridized carbons (Fsp3) is 0.200. The molecule has 0 fully saturated rings. The lowest BCUT2D eigenvalue weighted by atomic mass is 10.2. The third-order valence-corrected chi connectivity index (χ3v) is 2.23. The number of carboxylic acid groups (broad SMARTS) is 1. The number of H-pyrrole nitrogens is 1. The van der Waals surface area contributed by atoms with Crippen LogP contribution in [0, 0.1) is 0 Å². The average molecular weight is 205 g/mol. The topological polar surface area (TPSA) is 69.2 Å². The standard InChI is InChI=1S/C10H11N3O2/c1-13(10(14)15)5-7-2-3-8-9(4-7)12-6-11-8/h2-4,6H,5H2,1H3,(H,11,12)(H,14,15). The summed E-state index contributed by atoms with van der Waals surface area (Å²) in [6.07, 6.45) is 0.690. The highest BCUT2D eigenvalue weighted by Crippen LogP contribution is 2.12. The minimum absolute atomic E-state index is 0.379. The number of nitrogens with zero attached hydrogens (tertiary/aromatic N) is 2. The van der Waals surface area contributed by atoms with Crippen LogP contribution in [0.1, 0.15) is 5.56 Å². The van der Waals surface area contributed by atoms with Gasteiger partial charge in [0.2, 0.25) is 0 Å². The fourth-order valence-electron chi connectivity index (χ4n) is 1.42. The molecule has 1 amide bonds. The first-order valence-corrected chi connectivity index (χ1v) is 4.53. The number of aromatic nitrogens is 2. The van der Waals surface area contributed by atoms with Gasteiger partial charge in [-0.25, -0.2) is 9.78 Å². The van der Waals surface area contributed by atoms with E-state index >= 15 is 0 Å². The molecule has 0 saturated carbocycles. The van der Waals surface area contributed by atoms with Gasteiger partial charge < -0.3 is 15.0 Å². The quantitative estimate of drug-likeness (QED) is 0.783. The van der Waals surface area contributed by atoms with Gasteiger partial charge in [0.15, 0.2) is 0 Å². The molecule has 15 heavy (non-hydrogen) atoms. The van der Waals surface area contributed by atoms with E-state index in [-0.39, 0.29) is 0 Å². The number of carbonyl (C=O) groups is 1. The number of imidazole rings is 1. The summed E-state index contributed by atoms with van der Waals surface area (Å²) in [5.41, 5.74) is 2.75. The number of hydrogen-bond donors (Lipinski definition) is 2. The van der Waals surface area contributed by atoms with E-state index in [1.54, 1.807) is 13.4 Å². The van der Waals surface area contributed by atoms with Crippen molar-refractivity contribution in [3.8, 4) is 0 Å². The second-order valence-corrected chi connectivity index (χ2v) is 3.39. The van der Waals surface area contributed by atoms with Gasteiger partial charge in [-0.2, -0.15) is 0 Å². The number of hydrogen-bond acceptors (Lipinski definition) is 2. The van der Waals surface area contributed by atoms with Crippen molar-refractivity contribution in [2.24, 2.45) is 0 Å². The van der Waals surface area contributed by atoms with Gasteiger partial charge in [0, 0.05) is 13.6 Å². The van der Waals surface area contributed by atoms with Gasteiger partial charge in [0.25, 0.3) is 0 Å². The molecular weight excluding hydrogens is 194 g/mol. The van der Waals surface area contributed by atoms with Crippen molar-refractivity contribution in [1.82, 2.24) is 14.9 Å². The van der Waals surface area contributed by atoms with Crippen LogP contribution in [0.5, 0.6) is 0 Å². The zero-order chi connectivity index (χ0) is 10.8. The lowest BCUT2D eigenvalue weighted by Gasteiger charge is -2.12. The molecule has 1 heterocycles. The maximum atomic E-state index is 10.6. The minimum atomic E-state index is -0.931. The maximum absolute atomic E-state index is 10.6. The van der Waals surface area contributed by atoms with E-state index in [0.717, 1.165) is 16.6 Å². The Morgan fingerprint density at radius 1 is 1.60 bits per heavy atom. The van der Waals surface area contributed by atoms with Crippen molar-refractivity contribution in [3.05, 3.63) is 30.1 Å². The second kappa shape index (κ2) is 3.61. The largest absolute Gasteiger partial charge is 0.465 e. The van der Waals surface area contributed by atoms with Crippen molar-refractivity contribution >= 4 is 17.1 Å². The van der Waals surface area contributed by atoms with Crippen LogP contribution in [0.4, 0.5) is 4.79 Å². The van der Waals surface area contributed by atoms with Gasteiger partial charge in [0.1, 0.15) is 0 Å². The normalized spacial score (nSPS) is 10.5. The van der Waals surface area contributed by atoms with Crippen LogP contribution in [0.3, 0.4) is 0 Å². The first-order chi connectivity index (χ1) is 7.16. The molecule has 78 valence electrons. The molecule has 0 bridgehead atoms. The molecule has 0 spiro atoms. The van der Waals surface area contributed by atoms with Crippen LogP contribution >= 0.6 is 0 Å². The van der Waals surface area contributed by atoms with Crippen LogP contribution in [0.2, 0.25) is 0 Å². The van der Waals surface area contributed by atoms with Crippen molar-refractivity contribution in [2.45, 2.75) is 6.54 Å². The van der Waals surface area contributed by atoms with Gasteiger partial charge >= 0.3 is 6.09 Å². The number of benzene rings is 1. The molecular formula is C10H11N3O2.